The first-order valence-electron chi connectivity index (χ1n) is 7.63. The van der Waals surface area contributed by atoms with Gasteiger partial charge >= 0.3 is 5.97 Å². The third-order valence-corrected chi connectivity index (χ3v) is 4.60. The first-order chi connectivity index (χ1) is 11.8. The van der Waals surface area contributed by atoms with Gasteiger partial charge in [-0.2, -0.15) is 0 Å². The van der Waals surface area contributed by atoms with Crippen molar-refractivity contribution in [3.8, 4) is 5.75 Å². The molecule has 0 saturated heterocycles. The number of ether oxygens (including phenoxy) is 1. The van der Waals surface area contributed by atoms with Crippen molar-refractivity contribution in [3.05, 3.63) is 45.1 Å². The van der Waals surface area contributed by atoms with Crippen LogP contribution >= 0.6 is 11.3 Å². The van der Waals surface area contributed by atoms with Gasteiger partial charge in [0.15, 0.2) is 5.78 Å². The van der Waals surface area contributed by atoms with E-state index in [1.807, 2.05) is 19.9 Å². The van der Waals surface area contributed by atoms with Crippen molar-refractivity contribution in [1.29, 1.82) is 0 Å². The highest BCUT2D eigenvalue weighted by molar-refractivity contribution is 7.12. The first kappa shape index (κ1) is 18.7. The van der Waals surface area contributed by atoms with E-state index in [1.54, 1.807) is 11.3 Å². The van der Waals surface area contributed by atoms with Gasteiger partial charge in [0.05, 0.1) is 7.11 Å². The number of carboxylic acid groups (broad SMARTS) is 1. The monoisotopic (exact) mass is 361 g/mol. The molecule has 2 N–H and O–H groups in total. The van der Waals surface area contributed by atoms with Gasteiger partial charge in [0.25, 0.3) is 0 Å². The summed E-state index contributed by atoms with van der Waals surface area (Å²) in [5.41, 5.74) is 1.10. The van der Waals surface area contributed by atoms with E-state index in [2.05, 4.69) is 5.32 Å². The van der Waals surface area contributed by atoms with Crippen LogP contribution in [0.15, 0.2) is 24.3 Å². The number of aromatic carboxylic acids is 1. The van der Waals surface area contributed by atoms with E-state index in [-0.39, 0.29) is 35.8 Å². The number of ketones is 1. The lowest BCUT2D eigenvalue weighted by Crippen LogP contribution is -2.14. The van der Waals surface area contributed by atoms with Gasteiger partial charge in [-0.1, -0.05) is 0 Å². The van der Waals surface area contributed by atoms with Crippen molar-refractivity contribution in [2.24, 2.45) is 0 Å². The minimum atomic E-state index is -1.11. The van der Waals surface area contributed by atoms with Crippen molar-refractivity contribution in [1.82, 2.24) is 0 Å². The molecular weight excluding hydrogens is 342 g/mol. The number of hydrogen-bond donors (Lipinski definition) is 2. The number of nitrogens with one attached hydrogen (secondary N) is 1. The minimum Gasteiger partial charge on any atom is -0.496 e. The van der Waals surface area contributed by atoms with Gasteiger partial charge in [-0.15, -0.1) is 11.3 Å². The number of benzene rings is 1. The Morgan fingerprint density at radius 2 is 1.84 bits per heavy atom. The summed E-state index contributed by atoms with van der Waals surface area (Å²) in [6.07, 6.45) is 0.170. The maximum atomic E-state index is 12.2. The van der Waals surface area contributed by atoms with Gasteiger partial charge in [0.2, 0.25) is 5.91 Å². The fourth-order valence-corrected chi connectivity index (χ4v) is 3.38. The standard InChI is InChI=1S/C18H19NO5S/c1-10-8-14(11(2)25-10)15(20)6-7-17(21)19-12-4-5-13(18(22)23)16(9-12)24-3/h4-5,8-9H,6-7H2,1-3H3,(H,19,21)(H,22,23). The van der Waals surface area contributed by atoms with Crippen LogP contribution in [0.2, 0.25) is 0 Å². The van der Waals surface area contributed by atoms with E-state index >= 15 is 0 Å². The molecule has 1 heterocycles. The highest BCUT2D eigenvalue weighted by Crippen LogP contribution is 2.24. The molecule has 0 aliphatic rings. The Hall–Kier alpha value is -2.67. The number of amides is 1. The lowest BCUT2D eigenvalue weighted by Gasteiger charge is -2.09. The average molecular weight is 361 g/mol. The molecule has 0 atom stereocenters. The smallest absolute Gasteiger partial charge is 0.339 e. The average Bonchev–Trinajstić information content (AvgIpc) is 2.90. The summed E-state index contributed by atoms with van der Waals surface area (Å²) in [6, 6.07) is 6.13. The first-order valence-corrected chi connectivity index (χ1v) is 8.45. The number of aryl methyl sites for hydroxylation is 2. The van der Waals surface area contributed by atoms with Gasteiger partial charge in [-0.05, 0) is 32.0 Å². The van der Waals surface area contributed by atoms with E-state index in [4.69, 9.17) is 9.84 Å². The van der Waals surface area contributed by atoms with Gasteiger partial charge in [0, 0.05) is 39.9 Å². The number of hydrogen-bond acceptors (Lipinski definition) is 5. The minimum absolute atomic E-state index is 0.0129. The van der Waals surface area contributed by atoms with Crippen LogP contribution in [0.3, 0.4) is 0 Å². The summed E-state index contributed by atoms with van der Waals surface area (Å²) >= 11 is 1.56. The van der Waals surface area contributed by atoms with Crippen LogP contribution in [-0.2, 0) is 4.79 Å². The van der Waals surface area contributed by atoms with Crippen molar-refractivity contribution in [3.63, 3.8) is 0 Å². The highest BCUT2D eigenvalue weighted by atomic mass is 32.1. The SMILES string of the molecule is COc1cc(NC(=O)CCC(=O)c2cc(C)sc2C)ccc1C(=O)O. The maximum Gasteiger partial charge on any atom is 0.339 e. The third-order valence-electron chi connectivity index (χ3n) is 3.64. The Bertz CT molecular complexity index is 825. The predicted molar refractivity (Wildman–Crippen MR) is 95.9 cm³/mol. The highest BCUT2D eigenvalue weighted by Gasteiger charge is 2.15. The molecule has 0 bridgehead atoms. The van der Waals surface area contributed by atoms with Gasteiger partial charge in [-0.25, -0.2) is 4.79 Å². The second kappa shape index (κ2) is 7.94. The second-order valence-corrected chi connectivity index (χ2v) is 6.98. The zero-order valence-electron chi connectivity index (χ0n) is 14.2. The summed E-state index contributed by atoms with van der Waals surface area (Å²) < 4.78 is 5.02. The molecule has 1 aromatic carbocycles. The van der Waals surface area contributed by atoms with Gasteiger partial charge < -0.3 is 15.2 Å². The van der Waals surface area contributed by atoms with Crippen molar-refractivity contribution in [2.45, 2.75) is 26.7 Å². The number of carbonyl (C=O) groups is 3. The molecule has 7 heteroatoms. The van der Waals surface area contributed by atoms with Gasteiger partial charge in [0.1, 0.15) is 11.3 Å². The number of anilines is 1. The Morgan fingerprint density at radius 1 is 1.12 bits per heavy atom. The Morgan fingerprint density at radius 3 is 2.40 bits per heavy atom. The maximum absolute atomic E-state index is 12.2. The van der Waals surface area contributed by atoms with Crippen LogP contribution in [0.1, 0.15) is 43.3 Å². The molecule has 0 fully saturated rings. The number of Topliss-reactive ketones (excluding diaryl/α,β-unsaturated/α-hetero) is 1. The Kier molecular flexibility index (Phi) is 5.93. The summed E-state index contributed by atoms with van der Waals surface area (Å²) in [5, 5.41) is 11.7. The summed E-state index contributed by atoms with van der Waals surface area (Å²) in [6.45, 7) is 3.83. The number of rotatable bonds is 7. The fraction of sp³-hybridized carbons (Fsp3) is 0.278. The van der Waals surface area contributed by atoms with Crippen molar-refractivity contribution < 1.29 is 24.2 Å². The van der Waals surface area contributed by atoms with Gasteiger partial charge in [-0.3, -0.25) is 9.59 Å². The number of carboxylic acids is 1. The van der Waals surface area contributed by atoms with Crippen LogP contribution in [0, 0.1) is 13.8 Å². The molecule has 0 unspecified atom stereocenters. The largest absolute Gasteiger partial charge is 0.496 e. The zero-order chi connectivity index (χ0) is 18.6. The summed E-state index contributed by atoms with van der Waals surface area (Å²) in [4.78, 5) is 37.3. The fourth-order valence-electron chi connectivity index (χ4n) is 2.44. The van der Waals surface area contributed by atoms with Crippen LogP contribution in [-0.4, -0.2) is 29.9 Å². The lowest BCUT2D eigenvalue weighted by molar-refractivity contribution is -0.116. The normalized spacial score (nSPS) is 10.4. The molecule has 25 heavy (non-hydrogen) atoms. The molecule has 0 saturated carbocycles. The molecule has 0 radical (unpaired) electrons. The van der Waals surface area contributed by atoms with Crippen molar-refractivity contribution >= 4 is 34.7 Å². The predicted octanol–water partition coefficient (Wildman–Crippen LogP) is 3.67. The van der Waals surface area contributed by atoms with E-state index in [1.165, 1.54) is 25.3 Å². The van der Waals surface area contributed by atoms with Crippen LogP contribution < -0.4 is 10.1 Å². The molecule has 2 rings (SSSR count). The van der Waals surface area contributed by atoms with Crippen molar-refractivity contribution in [2.75, 3.05) is 12.4 Å². The Labute approximate surface area is 149 Å². The molecular formula is C18H19NO5S. The number of thiophene rings is 1. The van der Waals surface area contributed by atoms with E-state index < -0.39 is 5.97 Å². The molecule has 1 amide bonds. The van der Waals surface area contributed by atoms with Crippen LogP contribution in [0.25, 0.3) is 0 Å². The molecule has 0 aliphatic carbocycles. The molecule has 0 aliphatic heterocycles. The summed E-state index contributed by atoms with van der Waals surface area (Å²) in [5.74, 6) is -1.33. The lowest BCUT2D eigenvalue weighted by atomic mass is 10.1. The number of methoxy groups -OCH3 is 1. The zero-order valence-corrected chi connectivity index (χ0v) is 15.0. The molecule has 1 aromatic heterocycles. The second-order valence-electron chi connectivity index (χ2n) is 5.52. The summed E-state index contributed by atoms with van der Waals surface area (Å²) in [7, 11) is 1.36. The van der Waals surface area contributed by atoms with E-state index in [0.29, 0.717) is 11.3 Å². The third kappa shape index (κ3) is 4.67. The molecule has 132 valence electrons. The quantitative estimate of drug-likeness (QED) is 0.734. The van der Waals surface area contributed by atoms with E-state index in [0.717, 1.165) is 9.75 Å². The molecule has 2 aromatic rings. The number of carbonyl (C=O) groups excluding carboxylic acids is 2. The molecule has 0 spiro atoms. The Balaban J connectivity index is 1.97. The topological polar surface area (TPSA) is 92.7 Å². The molecule has 6 nitrogen and oxygen atoms in total. The van der Waals surface area contributed by atoms with Crippen LogP contribution in [0.4, 0.5) is 5.69 Å². The van der Waals surface area contributed by atoms with E-state index in [9.17, 15) is 14.4 Å². The van der Waals surface area contributed by atoms with Crippen LogP contribution in [0.5, 0.6) is 5.75 Å².